The first kappa shape index (κ1) is 16.4. The summed E-state index contributed by atoms with van der Waals surface area (Å²) in [6, 6.07) is 6.77. The second kappa shape index (κ2) is 6.97. The summed E-state index contributed by atoms with van der Waals surface area (Å²) in [5.41, 5.74) is 0.135. The summed E-state index contributed by atoms with van der Waals surface area (Å²) in [5, 5.41) is 2.00. The van der Waals surface area contributed by atoms with E-state index in [1.54, 1.807) is 22.7 Å². The predicted molar refractivity (Wildman–Crippen MR) is 98.4 cm³/mol. The lowest BCUT2D eigenvalue weighted by Gasteiger charge is -2.02. The third-order valence-corrected chi connectivity index (χ3v) is 5.99. The molecular weight excluding hydrogens is 352 g/mol. The molecule has 2 heterocycles. The molecule has 3 rings (SSSR count). The van der Waals surface area contributed by atoms with Crippen LogP contribution >= 0.6 is 34.9 Å². The molecule has 0 fully saturated rings. The van der Waals surface area contributed by atoms with Crippen LogP contribution in [0.25, 0.3) is 19.8 Å². The Labute approximate surface area is 146 Å². The summed E-state index contributed by atoms with van der Waals surface area (Å²) in [6.45, 7) is 2.18. The van der Waals surface area contributed by atoms with Crippen molar-refractivity contribution in [1.29, 1.82) is 0 Å². The van der Waals surface area contributed by atoms with E-state index in [9.17, 15) is 8.78 Å². The molecule has 0 saturated heterocycles. The number of thiophene rings is 2. The molecule has 1 nitrogen and oxygen atoms in total. The second-order valence-electron chi connectivity index (χ2n) is 5.15. The number of aryl methyl sites for hydroxylation is 1. The van der Waals surface area contributed by atoms with Gasteiger partial charge in [-0.25, -0.2) is 8.78 Å². The van der Waals surface area contributed by atoms with E-state index in [4.69, 9.17) is 0 Å². The van der Waals surface area contributed by atoms with Crippen molar-refractivity contribution in [2.75, 3.05) is 0 Å². The van der Waals surface area contributed by atoms with Gasteiger partial charge in [0.1, 0.15) is 5.69 Å². The third-order valence-electron chi connectivity index (χ3n) is 3.49. The molecule has 2 aromatic heterocycles. The van der Waals surface area contributed by atoms with Gasteiger partial charge in [0, 0.05) is 19.2 Å². The summed E-state index contributed by atoms with van der Waals surface area (Å²) in [5.74, 6) is -1.45. The minimum Gasteiger partial charge on any atom is -0.204 e. The molecule has 0 saturated carbocycles. The molecule has 3 aromatic rings. The quantitative estimate of drug-likeness (QED) is 0.351. The Morgan fingerprint density at radius 3 is 2.39 bits per heavy atom. The minimum atomic E-state index is -0.724. The number of fused-ring (bicyclic) bond motifs is 1. The van der Waals surface area contributed by atoms with Crippen LogP contribution in [0.5, 0.6) is 0 Å². The first-order valence-corrected chi connectivity index (χ1v) is 9.26. The molecule has 0 amide bonds. The first-order chi connectivity index (χ1) is 11.1. The Morgan fingerprint density at radius 2 is 1.78 bits per heavy atom. The highest BCUT2D eigenvalue weighted by Crippen LogP contribution is 2.40. The van der Waals surface area contributed by atoms with Crippen LogP contribution in [0.15, 0.2) is 29.3 Å². The number of aliphatic imine (C=N–C) groups is 1. The van der Waals surface area contributed by atoms with Gasteiger partial charge in [-0.15, -0.1) is 22.7 Å². The Kier molecular flexibility index (Phi) is 4.97. The summed E-state index contributed by atoms with van der Waals surface area (Å²) < 4.78 is 30.2. The average Bonchev–Trinajstić information content (AvgIpc) is 3.07. The van der Waals surface area contributed by atoms with E-state index >= 15 is 0 Å². The lowest BCUT2D eigenvalue weighted by molar-refractivity contribution is 0.588. The van der Waals surface area contributed by atoms with Crippen LogP contribution in [-0.4, -0.2) is 5.16 Å². The lowest BCUT2D eigenvalue weighted by atomic mass is 10.1. The number of benzene rings is 1. The Balaban J connectivity index is 1.97. The predicted octanol–water partition coefficient (Wildman–Crippen LogP) is 6.98. The van der Waals surface area contributed by atoms with E-state index < -0.39 is 11.6 Å². The molecule has 0 bridgehead atoms. The summed E-state index contributed by atoms with van der Waals surface area (Å²) in [6.07, 6.45) is 3.44. The SMILES string of the molecule is CCCCc1cc2sc(-c3cc(F)c(N=C=S)c(F)c3)cc2s1. The normalized spacial score (nSPS) is 10.9. The van der Waals surface area contributed by atoms with Gasteiger partial charge < -0.3 is 0 Å². The van der Waals surface area contributed by atoms with Crippen LogP contribution in [0.1, 0.15) is 24.6 Å². The molecule has 118 valence electrons. The summed E-state index contributed by atoms with van der Waals surface area (Å²) in [7, 11) is 0. The maximum atomic E-state index is 14.0. The van der Waals surface area contributed by atoms with E-state index in [1.807, 2.05) is 11.2 Å². The van der Waals surface area contributed by atoms with Gasteiger partial charge in [-0.2, -0.15) is 4.99 Å². The summed E-state index contributed by atoms with van der Waals surface area (Å²) >= 11 is 7.71. The van der Waals surface area contributed by atoms with Gasteiger partial charge in [0.15, 0.2) is 11.6 Å². The zero-order chi connectivity index (χ0) is 16.4. The van der Waals surface area contributed by atoms with E-state index in [2.05, 4.69) is 30.2 Å². The highest BCUT2D eigenvalue weighted by atomic mass is 32.1. The largest absolute Gasteiger partial charge is 0.204 e. The molecule has 0 aliphatic heterocycles. The zero-order valence-corrected chi connectivity index (χ0v) is 14.8. The standard InChI is InChI=1S/C17H13F2NS3/c1-2-3-4-11-7-15-16(22-11)8-14(23-15)10-5-12(18)17(20-9-21)13(19)6-10/h5-8H,2-4H2,1H3. The van der Waals surface area contributed by atoms with Crippen LogP contribution in [0.4, 0.5) is 14.5 Å². The lowest BCUT2D eigenvalue weighted by Crippen LogP contribution is -1.85. The van der Waals surface area contributed by atoms with Crippen LogP contribution in [-0.2, 0) is 6.42 Å². The number of thiocarbonyl (C=S) groups is 1. The maximum absolute atomic E-state index is 14.0. The van der Waals surface area contributed by atoms with Gasteiger partial charge in [0.2, 0.25) is 0 Å². The smallest absolute Gasteiger partial charge is 0.153 e. The number of unbranched alkanes of at least 4 members (excludes halogenated alkanes) is 1. The van der Waals surface area contributed by atoms with E-state index in [1.165, 1.54) is 29.9 Å². The Hall–Kier alpha value is -1.46. The van der Waals surface area contributed by atoms with Crippen LogP contribution < -0.4 is 0 Å². The zero-order valence-electron chi connectivity index (χ0n) is 12.4. The van der Waals surface area contributed by atoms with Crippen molar-refractivity contribution >= 4 is 55.1 Å². The number of isothiocyanates is 1. The van der Waals surface area contributed by atoms with Gasteiger partial charge in [-0.3, -0.25) is 0 Å². The number of halogens is 2. The number of hydrogen-bond acceptors (Lipinski definition) is 4. The average molecular weight is 365 g/mol. The molecule has 0 unspecified atom stereocenters. The van der Waals surface area contributed by atoms with E-state index in [0.29, 0.717) is 5.56 Å². The number of hydrogen-bond donors (Lipinski definition) is 0. The van der Waals surface area contributed by atoms with Crippen molar-refractivity contribution in [2.24, 2.45) is 4.99 Å². The molecule has 0 atom stereocenters. The fourth-order valence-corrected chi connectivity index (χ4v) is 4.90. The first-order valence-electron chi connectivity index (χ1n) is 7.22. The van der Waals surface area contributed by atoms with Gasteiger partial charge in [-0.05, 0) is 54.9 Å². The number of nitrogens with zero attached hydrogens (tertiary/aromatic N) is 1. The monoisotopic (exact) mass is 365 g/mol. The maximum Gasteiger partial charge on any atom is 0.153 e. The molecular formula is C17H13F2NS3. The molecule has 0 aliphatic rings. The van der Waals surface area contributed by atoms with Gasteiger partial charge in [-0.1, -0.05) is 13.3 Å². The highest BCUT2D eigenvalue weighted by molar-refractivity contribution is 7.78. The fourth-order valence-electron chi connectivity index (χ4n) is 2.36. The second-order valence-corrected chi connectivity index (χ2v) is 7.58. The molecule has 23 heavy (non-hydrogen) atoms. The van der Waals surface area contributed by atoms with E-state index in [-0.39, 0.29) is 5.69 Å². The van der Waals surface area contributed by atoms with Crippen molar-refractivity contribution in [1.82, 2.24) is 0 Å². The highest BCUT2D eigenvalue weighted by Gasteiger charge is 2.14. The van der Waals surface area contributed by atoms with Crippen LogP contribution in [0.2, 0.25) is 0 Å². The summed E-state index contributed by atoms with van der Waals surface area (Å²) in [4.78, 5) is 5.65. The molecule has 0 radical (unpaired) electrons. The molecule has 0 spiro atoms. The molecule has 0 aliphatic carbocycles. The molecule has 0 N–H and O–H groups in total. The topological polar surface area (TPSA) is 12.4 Å². The van der Waals surface area contributed by atoms with Gasteiger partial charge in [0.25, 0.3) is 0 Å². The van der Waals surface area contributed by atoms with Gasteiger partial charge in [0.05, 0.1) is 5.16 Å². The van der Waals surface area contributed by atoms with Crippen molar-refractivity contribution in [3.8, 4) is 10.4 Å². The fraction of sp³-hybridized carbons (Fsp3) is 0.235. The Bertz CT molecular complexity index is 849. The minimum absolute atomic E-state index is 0.385. The third kappa shape index (κ3) is 3.40. The van der Waals surface area contributed by atoms with Crippen molar-refractivity contribution in [2.45, 2.75) is 26.2 Å². The van der Waals surface area contributed by atoms with Crippen molar-refractivity contribution < 1.29 is 8.78 Å². The Morgan fingerprint density at radius 1 is 1.09 bits per heavy atom. The van der Waals surface area contributed by atoms with Gasteiger partial charge >= 0.3 is 0 Å². The van der Waals surface area contributed by atoms with E-state index in [0.717, 1.165) is 20.7 Å². The molecule has 1 aromatic carbocycles. The number of rotatable bonds is 5. The van der Waals surface area contributed by atoms with Crippen LogP contribution in [0, 0.1) is 11.6 Å². The van der Waals surface area contributed by atoms with Crippen LogP contribution in [0.3, 0.4) is 0 Å². The van der Waals surface area contributed by atoms with Crippen molar-refractivity contribution in [3.05, 3.63) is 40.8 Å². The molecule has 6 heteroatoms. The van der Waals surface area contributed by atoms with Crippen molar-refractivity contribution in [3.63, 3.8) is 0 Å².